The monoisotopic (exact) mass is 464 g/mol. The molecule has 8 heteroatoms. The Balaban J connectivity index is 1.29. The maximum Gasteiger partial charge on any atom is 0.338 e. The molecule has 2 saturated carbocycles. The smallest absolute Gasteiger partial charge is 0.338 e. The lowest BCUT2D eigenvalue weighted by atomic mass is 9.71. The molecule has 6 rings (SSSR count). The molecule has 2 bridgehead atoms. The molecular formula is C25H21ClN2O5. The normalized spacial score (nSPS) is 31.3. The maximum absolute atomic E-state index is 13.5. The number of fused-ring (bicyclic) bond motifs is 8. The second-order valence-electron chi connectivity index (χ2n) is 8.95. The van der Waals surface area contributed by atoms with E-state index in [0.717, 1.165) is 17.7 Å². The molecule has 2 heterocycles. The zero-order valence-corrected chi connectivity index (χ0v) is 18.6. The molecule has 7 nitrogen and oxygen atoms in total. The van der Waals surface area contributed by atoms with E-state index in [2.05, 4.69) is 5.16 Å². The predicted octanol–water partition coefficient (Wildman–Crippen LogP) is 3.69. The fraction of sp³-hybridized carbons (Fsp3) is 0.360. The van der Waals surface area contributed by atoms with Crippen molar-refractivity contribution in [3.8, 4) is 0 Å². The molecule has 2 aromatic rings. The summed E-state index contributed by atoms with van der Waals surface area (Å²) in [6.45, 7) is 2.02. The molecule has 0 radical (unpaired) electrons. The number of nitrogens with zero attached hydrogens (tertiary/aromatic N) is 2. The molecule has 3 fully saturated rings. The third kappa shape index (κ3) is 2.81. The summed E-state index contributed by atoms with van der Waals surface area (Å²) in [7, 11) is 0. The average molecular weight is 465 g/mol. The quantitative estimate of drug-likeness (QED) is 0.509. The van der Waals surface area contributed by atoms with Crippen LogP contribution in [0.3, 0.4) is 0 Å². The summed E-state index contributed by atoms with van der Waals surface area (Å²) in [4.78, 5) is 46.0. The maximum atomic E-state index is 13.5. The van der Waals surface area contributed by atoms with Gasteiger partial charge in [0.05, 0.1) is 35.4 Å². The minimum Gasteiger partial charge on any atom is -0.462 e. The predicted molar refractivity (Wildman–Crippen MR) is 120 cm³/mol. The second kappa shape index (κ2) is 7.42. The topological polar surface area (TPSA) is 85.3 Å². The molecule has 0 spiro atoms. The van der Waals surface area contributed by atoms with Gasteiger partial charge in [-0.2, -0.15) is 0 Å². The van der Waals surface area contributed by atoms with E-state index in [-0.39, 0.29) is 42.3 Å². The van der Waals surface area contributed by atoms with Crippen molar-refractivity contribution in [1.29, 1.82) is 0 Å². The fourth-order valence-corrected chi connectivity index (χ4v) is 6.47. The minimum absolute atomic E-state index is 0.0252. The lowest BCUT2D eigenvalue weighted by Gasteiger charge is -2.30. The van der Waals surface area contributed by atoms with Gasteiger partial charge in [-0.3, -0.25) is 14.5 Å². The summed E-state index contributed by atoms with van der Waals surface area (Å²) >= 11 is 6.42. The molecule has 0 unspecified atom stereocenters. The molecule has 0 aromatic heterocycles. The SMILES string of the molecule is CCOC(=O)c1ccc(N2C(=O)[C@H]3[C@@H]4C[C@@H]([C@H]5C(c6ccccc6Cl)=NO[C@H]45)[C@@H]3C2=O)cc1. The Morgan fingerprint density at radius 1 is 1.06 bits per heavy atom. The highest BCUT2D eigenvalue weighted by atomic mass is 35.5. The molecule has 33 heavy (non-hydrogen) atoms. The van der Waals surface area contributed by atoms with Gasteiger partial charge in [-0.15, -0.1) is 0 Å². The van der Waals surface area contributed by atoms with Crippen LogP contribution in [0, 0.1) is 29.6 Å². The third-order valence-corrected chi connectivity index (χ3v) is 7.81. The van der Waals surface area contributed by atoms with Gasteiger partial charge in [-0.1, -0.05) is 35.0 Å². The van der Waals surface area contributed by atoms with Gasteiger partial charge in [-0.25, -0.2) is 4.79 Å². The van der Waals surface area contributed by atoms with Crippen molar-refractivity contribution >= 4 is 40.8 Å². The van der Waals surface area contributed by atoms with Crippen LogP contribution in [0.1, 0.15) is 29.3 Å². The number of rotatable bonds is 4. The Kier molecular flexibility index (Phi) is 4.59. The van der Waals surface area contributed by atoms with Crippen molar-refractivity contribution in [1.82, 2.24) is 0 Å². The summed E-state index contributed by atoms with van der Waals surface area (Å²) < 4.78 is 5.01. The first-order valence-corrected chi connectivity index (χ1v) is 11.5. The molecule has 1 saturated heterocycles. The number of oxime groups is 1. The average Bonchev–Trinajstić information content (AvgIpc) is 3.55. The van der Waals surface area contributed by atoms with Crippen LogP contribution in [-0.2, 0) is 19.2 Å². The zero-order chi connectivity index (χ0) is 22.9. The van der Waals surface area contributed by atoms with Crippen molar-refractivity contribution in [3.63, 3.8) is 0 Å². The zero-order valence-electron chi connectivity index (χ0n) is 17.8. The number of carbonyl (C=O) groups excluding carboxylic acids is 3. The number of carbonyl (C=O) groups is 3. The molecule has 4 aliphatic rings. The van der Waals surface area contributed by atoms with Crippen LogP contribution in [-0.4, -0.2) is 36.2 Å². The number of imide groups is 1. The summed E-state index contributed by atoms with van der Waals surface area (Å²) in [5.41, 5.74) is 2.44. The number of hydrogen-bond donors (Lipinski definition) is 0. The molecule has 2 aromatic carbocycles. The van der Waals surface area contributed by atoms with E-state index in [0.29, 0.717) is 16.3 Å². The minimum atomic E-state index is -0.436. The van der Waals surface area contributed by atoms with Crippen LogP contribution in [0.2, 0.25) is 5.02 Å². The lowest BCUT2D eigenvalue weighted by molar-refractivity contribution is -0.125. The van der Waals surface area contributed by atoms with Crippen molar-refractivity contribution in [3.05, 3.63) is 64.7 Å². The van der Waals surface area contributed by atoms with Gasteiger partial charge in [0.2, 0.25) is 11.8 Å². The summed E-state index contributed by atoms with van der Waals surface area (Å²) in [5, 5.41) is 4.93. The first kappa shape index (κ1) is 20.4. The van der Waals surface area contributed by atoms with Crippen molar-refractivity contribution < 1.29 is 24.0 Å². The third-order valence-electron chi connectivity index (χ3n) is 7.48. The first-order chi connectivity index (χ1) is 16.0. The summed E-state index contributed by atoms with van der Waals surface area (Å²) in [6, 6.07) is 13.9. The number of esters is 1. The summed E-state index contributed by atoms with van der Waals surface area (Å²) in [6.07, 6.45) is 0.548. The number of halogens is 1. The molecule has 2 aliphatic carbocycles. The van der Waals surface area contributed by atoms with E-state index in [1.165, 1.54) is 4.90 Å². The Morgan fingerprint density at radius 2 is 1.76 bits per heavy atom. The number of amides is 2. The van der Waals surface area contributed by atoms with E-state index in [1.807, 2.05) is 24.3 Å². The highest BCUT2D eigenvalue weighted by Crippen LogP contribution is 2.62. The van der Waals surface area contributed by atoms with E-state index in [1.54, 1.807) is 31.2 Å². The van der Waals surface area contributed by atoms with Gasteiger partial charge in [0.15, 0.2) is 0 Å². The van der Waals surface area contributed by atoms with Gasteiger partial charge < -0.3 is 9.57 Å². The van der Waals surface area contributed by atoms with E-state index >= 15 is 0 Å². The fourth-order valence-electron chi connectivity index (χ4n) is 6.23. The number of ether oxygens (including phenoxy) is 1. The van der Waals surface area contributed by atoms with E-state index in [4.69, 9.17) is 21.2 Å². The Hall–Kier alpha value is -3.19. The largest absolute Gasteiger partial charge is 0.462 e. The van der Waals surface area contributed by atoms with Gasteiger partial charge in [0.1, 0.15) is 6.10 Å². The van der Waals surface area contributed by atoms with Crippen LogP contribution in [0.15, 0.2) is 53.7 Å². The Labute approximate surface area is 195 Å². The standard InChI is InChI=1S/C25H21ClN2O5/c1-2-32-25(31)12-7-9-13(10-8-12)28-23(29)18-15-11-16(19(18)24(28)30)22-20(15)21(27-33-22)14-5-3-4-6-17(14)26/h3-10,15-16,18-20,22H,2,11H2,1H3/t15-,16+,18+,19+,20+,22-/m1/s1. The summed E-state index contributed by atoms with van der Waals surface area (Å²) in [5.74, 6) is -1.78. The van der Waals surface area contributed by atoms with Crippen LogP contribution in [0.4, 0.5) is 5.69 Å². The van der Waals surface area contributed by atoms with Gasteiger partial charge in [0.25, 0.3) is 0 Å². The highest BCUT2D eigenvalue weighted by molar-refractivity contribution is 6.34. The molecule has 168 valence electrons. The van der Waals surface area contributed by atoms with Crippen molar-refractivity contribution in [2.75, 3.05) is 11.5 Å². The van der Waals surface area contributed by atoms with Crippen LogP contribution >= 0.6 is 11.6 Å². The van der Waals surface area contributed by atoms with Crippen molar-refractivity contribution in [2.24, 2.45) is 34.7 Å². The molecule has 2 aliphatic heterocycles. The van der Waals surface area contributed by atoms with Crippen LogP contribution < -0.4 is 4.90 Å². The number of hydrogen-bond acceptors (Lipinski definition) is 6. The number of benzene rings is 2. The Morgan fingerprint density at radius 3 is 2.45 bits per heavy atom. The van der Waals surface area contributed by atoms with E-state index < -0.39 is 17.8 Å². The van der Waals surface area contributed by atoms with Crippen molar-refractivity contribution in [2.45, 2.75) is 19.4 Å². The highest BCUT2D eigenvalue weighted by Gasteiger charge is 2.70. The molecule has 0 N–H and O–H groups in total. The van der Waals surface area contributed by atoms with Gasteiger partial charge in [-0.05, 0) is 49.6 Å². The lowest BCUT2D eigenvalue weighted by Crippen LogP contribution is -2.41. The van der Waals surface area contributed by atoms with E-state index in [9.17, 15) is 14.4 Å². The van der Waals surface area contributed by atoms with Gasteiger partial charge >= 0.3 is 5.97 Å². The van der Waals surface area contributed by atoms with Gasteiger partial charge in [0, 0.05) is 22.4 Å². The molecule has 2 amide bonds. The molecule has 6 atom stereocenters. The van der Waals surface area contributed by atoms with Crippen LogP contribution in [0.5, 0.6) is 0 Å². The Bertz CT molecular complexity index is 1210. The second-order valence-corrected chi connectivity index (χ2v) is 9.35. The molecular weight excluding hydrogens is 444 g/mol. The van der Waals surface area contributed by atoms with Crippen LogP contribution in [0.25, 0.3) is 0 Å². The number of anilines is 1. The first-order valence-electron chi connectivity index (χ1n) is 11.1.